The first-order valence-corrected chi connectivity index (χ1v) is 6.69. The molecule has 5 unspecified atom stereocenters. The Balaban J connectivity index is 2.01. The van der Waals surface area contributed by atoms with Crippen molar-refractivity contribution in [2.24, 2.45) is 17.6 Å². The molecule has 1 aliphatic carbocycles. The third kappa shape index (κ3) is 2.58. The molecule has 2 aliphatic rings. The Kier molecular flexibility index (Phi) is 3.88. The van der Waals surface area contributed by atoms with Gasteiger partial charge in [-0.15, -0.1) is 0 Å². The second kappa shape index (κ2) is 5.03. The fourth-order valence-corrected chi connectivity index (χ4v) is 3.64. The van der Waals surface area contributed by atoms with Crippen LogP contribution in [-0.2, 0) is 4.74 Å². The lowest BCUT2D eigenvalue weighted by atomic mass is 9.76. The largest absolute Gasteiger partial charge is 0.376 e. The molecule has 2 fully saturated rings. The fraction of sp³-hybridized carbons (Fsp3) is 1.00. The zero-order chi connectivity index (χ0) is 11.7. The van der Waals surface area contributed by atoms with E-state index in [2.05, 4.69) is 25.7 Å². The summed E-state index contributed by atoms with van der Waals surface area (Å²) in [5.74, 6) is 1.52. The summed E-state index contributed by atoms with van der Waals surface area (Å²) in [5.41, 5.74) is 6.35. The van der Waals surface area contributed by atoms with Crippen LogP contribution in [0.15, 0.2) is 0 Å². The van der Waals surface area contributed by atoms with E-state index in [-0.39, 0.29) is 0 Å². The zero-order valence-corrected chi connectivity index (χ0v) is 10.9. The first kappa shape index (κ1) is 12.3. The predicted molar refractivity (Wildman–Crippen MR) is 66.3 cm³/mol. The minimum absolute atomic E-state index is 0.351. The normalized spacial score (nSPS) is 46.9. The monoisotopic (exact) mass is 226 g/mol. The van der Waals surface area contributed by atoms with Crippen LogP contribution in [0.3, 0.4) is 0 Å². The molecule has 0 aromatic rings. The smallest absolute Gasteiger partial charge is 0.0674 e. The highest BCUT2D eigenvalue weighted by Gasteiger charge is 2.37. The SMILES string of the molecule is CC1CC(C)C(N2CCOC(C)C2)C(N)C1. The third-order valence-electron chi connectivity index (χ3n) is 4.16. The summed E-state index contributed by atoms with van der Waals surface area (Å²) in [5, 5.41) is 0. The topological polar surface area (TPSA) is 38.5 Å². The van der Waals surface area contributed by atoms with Crippen molar-refractivity contribution < 1.29 is 4.74 Å². The van der Waals surface area contributed by atoms with Gasteiger partial charge in [0.2, 0.25) is 0 Å². The molecule has 0 amide bonds. The first-order valence-electron chi connectivity index (χ1n) is 6.69. The molecular formula is C13H26N2O. The van der Waals surface area contributed by atoms with E-state index in [9.17, 15) is 0 Å². The Bertz CT molecular complexity index is 222. The van der Waals surface area contributed by atoms with Crippen LogP contribution in [0.4, 0.5) is 0 Å². The van der Waals surface area contributed by atoms with Gasteiger partial charge in [0, 0.05) is 25.2 Å². The van der Waals surface area contributed by atoms with Crippen LogP contribution in [-0.4, -0.2) is 42.8 Å². The van der Waals surface area contributed by atoms with Crippen LogP contribution >= 0.6 is 0 Å². The number of morpholine rings is 1. The molecule has 1 aliphatic heterocycles. The van der Waals surface area contributed by atoms with Gasteiger partial charge in [0.05, 0.1) is 12.7 Å². The van der Waals surface area contributed by atoms with Gasteiger partial charge in [-0.05, 0) is 31.6 Å². The summed E-state index contributed by atoms with van der Waals surface area (Å²) in [6.07, 6.45) is 2.87. The molecule has 1 heterocycles. The quantitative estimate of drug-likeness (QED) is 0.736. The van der Waals surface area contributed by atoms with Crippen molar-refractivity contribution in [3.8, 4) is 0 Å². The zero-order valence-electron chi connectivity index (χ0n) is 10.9. The molecule has 0 spiro atoms. The van der Waals surface area contributed by atoms with Crippen molar-refractivity contribution >= 4 is 0 Å². The molecule has 2 N–H and O–H groups in total. The van der Waals surface area contributed by atoms with E-state index in [1.807, 2.05) is 0 Å². The lowest BCUT2D eigenvalue weighted by Gasteiger charge is -2.46. The van der Waals surface area contributed by atoms with Crippen LogP contribution in [0.2, 0.25) is 0 Å². The Hall–Kier alpha value is -0.120. The second-order valence-electron chi connectivity index (χ2n) is 5.88. The molecule has 0 bridgehead atoms. The van der Waals surface area contributed by atoms with Crippen molar-refractivity contribution in [1.29, 1.82) is 0 Å². The highest BCUT2D eigenvalue weighted by molar-refractivity contribution is 4.93. The van der Waals surface area contributed by atoms with E-state index in [1.165, 1.54) is 12.8 Å². The number of nitrogens with zero attached hydrogens (tertiary/aromatic N) is 1. The highest BCUT2D eigenvalue weighted by Crippen LogP contribution is 2.32. The summed E-state index contributed by atoms with van der Waals surface area (Å²) in [6.45, 7) is 9.83. The molecule has 1 saturated heterocycles. The number of hydrogen-bond acceptors (Lipinski definition) is 3. The van der Waals surface area contributed by atoms with Gasteiger partial charge in [-0.3, -0.25) is 4.90 Å². The molecule has 94 valence electrons. The van der Waals surface area contributed by atoms with Gasteiger partial charge in [-0.1, -0.05) is 13.8 Å². The molecule has 16 heavy (non-hydrogen) atoms. The predicted octanol–water partition coefficient (Wildman–Crippen LogP) is 1.47. The van der Waals surface area contributed by atoms with E-state index in [0.29, 0.717) is 18.2 Å². The summed E-state index contributed by atoms with van der Waals surface area (Å²) >= 11 is 0. The van der Waals surface area contributed by atoms with E-state index >= 15 is 0 Å². The summed E-state index contributed by atoms with van der Waals surface area (Å²) in [7, 11) is 0. The average molecular weight is 226 g/mol. The molecule has 2 rings (SSSR count). The fourth-order valence-electron chi connectivity index (χ4n) is 3.64. The standard InChI is InChI=1S/C13H26N2O/c1-9-6-10(2)13(12(14)7-9)15-4-5-16-11(3)8-15/h9-13H,4-8,14H2,1-3H3. The molecule has 0 aromatic heterocycles. The van der Waals surface area contributed by atoms with Crippen molar-refractivity contribution in [2.45, 2.75) is 51.8 Å². The molecule has 1 saturated carbocycles. The summed E-state index contributed by atoms with van der Waals surface area (Å²) in [4.78, 5) is 2.56. The maximum absolute atomic E-state index is 6.35. The van der Waals surface area contributed by atoms with Gasteiger partial charge in [0.25, 0.3) is 0 Å². The number of ether oxygens (including phenoxy) is 1. The molecule has 3 nitrogen and oxygen atoms in total. The van der Waals surface area contributed by atoms with Gasteiger partial charge in [0.15, 0.2) is 0 Å². The number of nitrogens with two attached hydrogens (primary N) is 1. The molecule has 5 atom stereocenters. The van der Waals surface area contributed by atoms with E-state index in [4.69, 9.17) is 10.5 Å². The van der Waals surface area contributed by atoms with Gasteiger partial charge < -0.3 is 10.5 Å². The number of hydrogen-bond donors (Lipinski definition) is 1. The number of rotatable bonds is 1. The Morgan fingerprint density at radius 1 is 1.19 bits per heavy atom. The molecule has 0 radical (unpaired) electrons. The first-order chi connectivity index (χ1) is 7.58. The maximum Gasteiger partial charge on any atom is 0.0674 e. The van der Waals surface area contributed by atoms with Crippen LogP contribution in [0.25, 0.3) is 0 Å². The van der Waals surface area contributed by atoms with Crippen LogP contribution in [0.5, 0.6) is 0 Å². The van der Waals surface area contributed by atoms with E-state index in [0.717, 1.165) is 31.5 Å². The van der Waals surface area contributed by atoms with E-state index < -0.39 is 0 Å². The Morgan fingerprint density at radius 3 is 2.56 bits per heavy atom. The van der Waals surface area contributed by atoms with Gasteiger partial charge in [-0.25, -0.2) is 0 Å². The summed E-state index contributed by atoms with van der Waals surface area (Å²) < 4.78 is 5.61. The Morgan fingerprint density at radius 2 is 1.94 bits per heavy atom. The summed E-state index contributed by atoms with van der Waals surface area (Å²) in [6, 6.07) is 0.923. The lowest BCUT2D eigenvalue weighted by molar-refractivity contribution is -0.0553. The molecule has 3 heteroatoms. The lowest BCUT2D eigenvalue weighted by Crippen LogP contribution is -2.58. The molecule has 0 aromatic carbocycles. The van der Waals surface area contributed by atoms with Crippen molar-refractivity contribution in [2.75, 3.05) is 19.7 Å². The molecular weight excluding hydrogens is 200 g/mol. The van der Waals surface area contributed by atoms with Crippen molar-refractivity contribution in [1.82, 2.24) is 4.90 Å². The van der Waals surface area contributed by atoms with Gasteiger partial charge in [-0.2, -0.15) is 0 Å². The maximum atomic E-state index is 6.35. The van der Waals surface area contributed by atoms with Gasteiger partial charge >= 0.3 is 0 Å². The van der Waals surface area contributed by atoms with Gasteiger partial charge in [0.1, 0.15) is 0 Å². The van der Waals surface area contributed by atoms with Crippen LogP contribution < -0.4 is 5.73 Å². The van der Waals surface area contributed by atoms with Crippen molar-refractivity contribution in [3.63, 3.8) is 0 Å². The van der Waals surface area contributed by atoms with Crippen LogP contribution in [0, 0.1) is 11.8 Å². The van der Waals surface area contributed by atoms with Crippen molar-refractivity contribution in [3.05, 3.63) is 0 Å². The third-order valence-corrected chi connectivity index (χ3v) is 4.16. The minimum atomic E-state index is 0.351. The average Bonchev–Trinajstić information content (AvgIpc) is 2.15. The highest BCUT2D eigenvalue weighted by atomic mass is 16.5. The Labute approximate surface area is 99.3 Å². The second-order valence-corrected chi connectivity index (χ2v) is 5.88. The van der Waals surface area contributed by atoms with E-state index in [1.54, 1.807) is 0 Å². The minimum Gasteiger partial charge on any atom is -0.376 e. The van der Waals surface area contributed by atoms with Crippen LogP contribution in [0.1, 0.15) is 33.6 Å².